The summed E-state index contributed by atoms with van der Waals surface area (Å²) in [5.41, 5.74) is 18.4. The van der Waals surface area contributed by atoms with Crippen LogP contribution >= 0.6 is 0 Å². The molecule has 15 N–H and O–H groups in total. The Labute approximate surface area is 428 Å². The van der Waals surface area contributed by atoms with E-state index in [0.29, 0.717) is 17.5 Å². The first-order valence-corrected chi connectivity index (χ1v) is 24.8. The Balaban J connectivity index is 1.53. The molecule has 0 saturated carbocycles. The maximum Gasteiger partial charge on any atom is 0.243 e. The molecule has 0 radical (unpaired) electrons. The number of nitrogens with zero attached hydrogens (tertiary/aromatic N) is 2. The van der Waals surface area contributed by atoms with Gasteiger partial charge in [0.25, 0.3) is 0 Å². The van der Waals surface area contributed by atoms with Crippen molar-refractivity contribution in [3.8, 4) is 0 Å². The molecule has 10 amide bonds. The van der Waals surface area contributed by atoms with Crippen LogP contribution in [-0.2, 0) is 60.8 Å². The van der Waals surface area contributed by atoms with Crippen LogP contribution in [0.15, 0.2) is 65.8 Å². The van der Waals surface area contributed by atoms with E-state index in [0.717, 1.165) is 10.9 Å². The fourth-order valence-corrected chi connectivity index (χ4v) is 8.74. The molecule has 5 rings (SSSR count). The number of nitrogens with two attached hydrogens (primary N) is 3. The number of fused-ring (bicyclic) bond motifs is 2. The molecule has 24 nitrogen and oxygen atoms in total. The SMILES string of the molecule is CC(C)[C@H](NC(=O)[C@@H]1CCC(=O)NCC(=O)N2CCC[C@@H]2C(=O)N[C@H](Cc2ccccc2)C(=O)N[C@H](CCCN=C(N)N)C(=O)N[C@@H](Cc2c[nH]c3ccccc23)C(=O)N1)C(=O)N[C@H](C(=O)NCC(N)=O)C(C)C. The van der Waals surface area contributed by atoms with Crippen LogP contribution in [0.2, 0.25) is 0 Å². The summed E-state index contributed by atoms with van der Waals surface area (Å²) in [6.45, 7) is 5.86. The summed E-state index contributed by atoms with van der Waals surface area (Å²) in [7, 11) is 0. The molecule has 3 heterocycles. The van der Waals surface area contributed by atoms with Gasteiger partial charge in [0.1, 0.15) is 42.3 Å². The summed E-state index contributed by atoms with van der Waals surface area (Å²) in [4.78, 5) is 146. The van der Waals surface area contributed by atoms with E-state index in [-0.39, 0.29) is 57.6 Å². The second kappa shape index (κ2) is 27.1. The molecule has 7 atom stereocenters. The van der Waals surface area contributed by atoms with Gasteiger partial charge in [-0.15, -0.1) is 0 Å². The van der Waals surface area contributed by atoms with Crippen molar-refractivity contribution >= 4 is 75.9 Å². The Morgan fingerprint density at radius 3 is 2.04 bits per heavy atom. The number of rotatable bonds is 17. The van der Waals surface area contributed by atoms with Gasteiger partial charge >= 0.3 is 0 Å². The number of aromatic nitrogens is 1. The molecule has 3 aromatic rings. The van der Waals surface area contributed by atoms with Crippen LogP contribution in [0.25, 0.3) is 10.9 Å². The van der Waals surface area contributed by atoms with Gasteiger partial charge in [0.15, 0.2) is 5.96 Å². The van der Waals surface area contributed by atoms with Gasteiger partial charge < -0.3 is 69.6 Å². The first kappa shape index (κ1) is 56.9. The van der Waals surface area contributed by atoms with Crippen molar-refractivity contribution < 1.29 is 47.9 Å². The van der Waals surface area contributed by atoms with Crippen molar-refractivity contribution in [3.05, 3.63) is 71.9 Å². The Hall–Kier alpha value is -8.05. The third kappa shape index (κ3) is 16.5. The van der Waals surface area contributed by atoms with Gasteiger partial charge in [0, 0.05) is 49.5 Å². The van der Waals surface area contributed by atoms with Crippen LogP contribution in [-0.4, -0.2) is 143 Å². The van der Waals surface area contributed by atoms with E-state index in [2.05, 4.69) is 52.5 Å². The molecule has 0 spiro atoms. The highest BCUT2D eigenvalue weighted by atomic mass is 16.2. The predicted molar refractivity (Wildman–Crippen MR) is 273 cm³/mol. The zero-order valence-electron chi connectivity index (χ0n) is 42.2. The first-order valence-electron chi connectivity index (χ1n) is 24.8. The fourth-order valence-electron chi connectivity index (χ4n) is 8.74. The normalized spacial score (nSPS) is 21.2. The lowest BCUT2D eigenvalue weighted by Crippen LogP contribution is -2.61. The average Bonchev–Trinajstić information content (AvgIpc) is 4.03. The second-order valence-electron chi connectivity index (χ2n) is 19.2. The van der Waals surface area contributed by atoms with Crippen LogP contribution in [0, 0.1) is 11.8 Å². The maximum absolute atomic E-state index is 14.8. The average molecular weight is 1030 g/mol. The van der Waals surface area contributed by atoms with Crippen molar-refractivity contribution in [2.45, 2.75) is 121 Å². The van der Waals surface area contributed by atoms with Gasteiger partial charge in [-0.05, 0) is 61.1 Å². The lowest BCUT2D eigenvalue weighted by atomic mass is 9.98. The molecular formula is C50H70N14O10. The summed E-state index contributed by atoms with van der Waals surface area (Å²) < 4.78 is 0. The number of carbonyl (C=O) groups excluding carboxylic acids is 10. The monoisotopic (exact) mass is 1030 g/mol. The number of aromatic amines is 1. The molecule has 24 heteroatoms. The second-order valence-corrected chi connectivity index (χ2v) is 19.2. The van der Waals surface area contributed by atoms with E-state index in [1.54, 1.807) is 70.3 Å². The molecule has 2 saturated heterocycles. The number of para-hydroxylation sites is 1. The van der Waals surface area contributed by atoms with Crippen molar-refractivity contribution in [3.63, 3.8) is 0 Å². The number of benzene rings is 2. The van der Waals surface area contributed by atoms with Gasteiger partial charge in [-0.3, -0.25) is 52.9 Å². The van der Waals surface area contributed by atoms with Crippen molar-refractivity contribution in [2.24, 2.45) is 34.0 Å². The lowest BCUT2D eigenvalue weighted by molar-refractivity contribution is -0.140. The van der Waals surface area contributed by atoms with Gasteiger partial charge in [0.2, 0.25) is 59.1 Å². The van der Waals surface area contributed by atoms with Crippen LogP contribution in [0.1, 0.15) is 77.3 Å². The number of amides is 10. The number of nitrogens with one attached hydrogen (secondary N) is 9. The number of aliphatic imine (C=N–C) groups is 1. The number of carbonyl (C=O) groups is 10. The van der Waals surface area contributed by atoms with Crippen LogP contribution < -0.4 is 59.7 Å². The highest BCUT2D eigenvalue weighted by Gasteiger charge is 2.38. The van der Waals surface area contributed by atoms with Crippen LogP contribution in [0.4, 0.5) is 0 Å². The van der Waals surface area contributed by atoms with E-state index in [4.69, 9.17) is 17.2 Å². The first-order chi connectivity index (χ1) is 35.2. The van der Waals surface area contributed by atoms with Crippen molar-refractivity contribution in [1.29, 1.82) is 0 Å². The van der Waals surface area contributed by atoms with Gasteiger partial charge in [-0.2, -0.15) is 0 Å². The molecule has 400 valence electrons. The highest BCUT2D eigenvalue weighted by Crippen LogP contribution is 2.21. The number of H-pyrrole nitrogens is 1. The van der Waals surface area contributed by atoms with Gasteiger partial charge in [0.05, 0.1) is 13.1 Å². The third-order valence-electron chi connectivity index (χ3n) is 12.8. The predicted octanol–water partition coefficient (Wildman–Crippen LogP) is -2.27. The van der Waals surface area contributed by atoms with E-state index < -0.39 is 133 Å². The van der Waals surface area contributed by atoms with Gasteiger partial charge in [-0.1, -0.05) is 76.2 Å². The van der Waals surface area contributed by atoms with Crippen molar-refractivity contribution in [1.82, 2.24) is 52.4 Å². The summed E-state index contributed by atoms with van der Waals surface area (Å²) in [6.07, 6.45) is 1.57. The molecule has 0 unspecified atom stereocenters. The molecule has 2 aliphatic heterocycles. The summed E-state index contributed by atoms with van der Waals surface area (Å²) >= 11 is 0. The number of guanidine groups is 1. The molecule has 1 aromatic heterocycles. The minimum Gasteiger partial charge on any atom is -0.370 e. The lowest BCUT2D eigenvalue weighted by Gasteiger charge is -2.30. The maximum atomic E-state index is 14.8. The Bertz CT molecular complexity index is 2550. The largest absolute Gasteiger partial charge is 0.370 e. The quantitative estimate of drug-likeness (QED) is 0.0387. The van der Waals surface area contributed by atoms with E-state index in [1.165, 1.54) is 4.90 Å². The topological polar surface area (TPSA) is 376 Å². The minimum absolute atomic E-state index is 0.00352. The van der Waals surface area contributed by atoms with E-state index in [9.17, 15) is 47.9 Å². The van der Waals surface area contributed by atoms with Crippen molar-refractivity contribution in [2.75, 3.05) is 26.2 Å². The number of hydrogen-bond acceptors (Lipinski definition) is 11. The fraction of sp³-hybridized carbons (Fsp3) is 0.500. The number of primary amides is 1. The van der Waals surface area contributed by atoms with Gasteiger partial charge in [-0.25, -0.2) is 0 Å². The Morgan fingerprint density at radius 1 is 0.730 bits per heavy atom. The number of hydrogen-bond donors (Lipinski definition) is 12. The van der Waals surface area contributed by atoms with E-state index >= 15 is 0 Å². The molecule has 2 fully saturated rings. The molecule has 2 aromatic carbocycles. The smallest absolute Gasteiger partial charge is 0.243 e. The van der Waals surface area contributed by atoms with E-state index in [1.807, 2.05) is 18.2 Å². The Kier molecular flexibility index (Phi) is 20.8. The molecule has 0 aliphatic carbocycles. The molecule has 2 aliphatic rings. The Morgan fingerprint density at radius 2 is 1.35 bits per heavy atom. The summed E-state index contributed by atoms with van der Waals surface area (Å²) in [6, 6.07) is 7.04. The third-order valence-corrected chi connectivity index (χ3v) is 12.8. The van der Waals surface area contributed by atoms with Crippen LogP contribution in [0.3, 0.4) is 0 Å². The van der Waals surface area contributed by atoms with Crippen LogP contribution in [0.5, 0.6) is 0 Å². The zero-order chi connectivity index (χ0) is 54.1. The molecule has 74 heavy (non-hydrogen) atoms. The molecular weight excluding hydrogens is 957 g/mol. The standard InChI is InChI=1S/C50H70N14O10/c1-27(2)41(48(73)57-25-38(51)65)63-49(74)42(28(3)4)62-44(69)34-18-19-39(66)56-26-40(67)64-21-11-17-37(64)47(72)61-35(22-29-12-6-5-7-13-29)45(70)58-33(16-10-20-54-50(52)53)43(68)60-36(46(71)59-34)23-30-24-55-32-15-9-8-14-31(30)32/h5-9,12-15,24,27-28,33-37,41-42,55H,10-11,16-23,25-26H2,1-4H3,(H2,51,65)(H,56,66)(H,57,73)(H,58,70)(H,59,71)(H,60,68)(H,61,72)(H,62,69)(H,63,74)(H4,52,53,54)/t33-,34+,35-,36+,37-,41+,42+/m1/s1. The summed E-state index contributed by atoms with van der Waals surface area (Å²) in [5, 5.41) is 22.0. The summed E-state index contributed by atoms with van der Waals surface area (Å²) in [5.74, 6) is -8.78. The molecule has 0 bridgehead atoms. The zero-order valence-corrected chi connectivity index (χ0v) is 42.2. The minimum atomic E-state index is -1.55. The highest BCUT2D eigenvalue weighted by molar-refractivity contribution is 5.99.